The first-order valence-corrected chi connectivity index (χ1v) is 9.04. The lowest BCUT2D eigenvalue weighted by Crippen LogP contribution is -2.42. The quantitative estimate of drug-likeness (QED) is 0.819. The van der Waals surface area contributed by atoms with Crippen LogP contribution in [0.1, 0.15) is 45.5 Å². The van der Waals surface area contributed by atoms with Crippen LogP contribution >= 0.6 is 0 Å². The van der Waals surface area contributed by atoms with Crippen LogP contribution in [-0.2, 0) is 0 Å². The number of hydrogen-bond donors (Lipinski definition) is 0. The smallest absolute Gasteiger partial charge is 0.254 e. The molecule has 1 saturated heterocycles. The first kappa shape index (κ1) is 17.5. The molecule has 25 heavy (non-hydrogen) atoms. The number of hydrogen-bond acceptors (Lipinski definition) is 2. The van der Waals surface area contributed by atoms with Crippen LogP contribution in [0.4, 0.5) is 0 Å². The maximum absolute atomic E-state index is 12.8. The Hall–Kier alpha value is -2.29. The van der Waals surface area contributed by atoms with E-state index in [1.54, 1.807) is 0 Å². The van der Waals surface area contributed by atoms with Crippen molar-refractivity contribution in [1.82, 2.24) is 4.90 Å². The molecule has 0 bridgehead atoms. The van der Waals surface area contributed by atoms with Crippen molar-refractivity contribution in [2.45, 2.75) is 46.6 Å². The summed E-state index contributed by atoms with van der Waals surface area (Å²) in [4.78, 5) is 14.8. The average molecular weight is 337 g/mol. The highest BCUT2D eigenvalue weighted by Crippen LogP contribution is 2.23. The third-order valence-electron chi connectivity index (χ3n) is 5.13. The third-order valence-corrected chi connectivity index (χ3v) is 5.13. The number of rotatable bonds is 3. The van der Waals surface area contributed by atoms with Gasteiger partial charge in [0.2, 0.25) is 0 Å². The molecular formula is C22H27NO2. The van der Waals surface area contributed by atoms with Crippen molar-refractivity contribution >= 4 is 5.91 Å². The van der Waals surface area contributed by atoms with E-state index in [-0.39, 0.29) is 12.0 Å². The number of ether oxygens (including phenoxy) is 1. The van der Waals surface area contributed by atoms with Gasteiger partial charge in [0.15, 0.2) is 0 Å². The fraction of sp³-hybridized carbons (Fsp3) is 0.409. The van der Waals surface area contributed by atoms with Gasteiger partial charge in [-0.15, -0.1) is 0 Å². The molecule has 1 aliphatic rings. The Morgan fingerprint density at radius 3 is 2.28 bits per heavy atom. The number of carbonyl (C=O) groups is 1. The van der Waals surface area contributed by atoms with Gasteiger partial charge in [-0.25, -0.2) is 0 Å². The van der Waals surface area contributed by atoms with Gasteiger partial charge in [0.05, 0.1) is 0 Å². The minimum absolute atomic E-state index is 0.144. The predicted molar refractivity (Wildman–Crippen MR) is 101 cm³/mol. The number of benzene rings is 2. The zero-order valence-corrected chi connectivity index (χ0v) is 15.6. The molecule has 1 heterocycles. The fourth-order valence-corrected chi connectivity index (χ4v) is 3.29. The Labute approximate surface area is 150 Å². The molecule has 0 unspecified atom stereocenters. The van der Waals surface area contributed by atoms with Crippen LogP contribution in [0, 0.1) is 27.7 Å². The summed E-state index contributed by atoms with van der Waals surface area (Å²) < 4.78 is 6.13. The average Bonchev–Trinajstić information content (AvgIpc) is 2.60. The summed E-state index contributed by atoms with van der Waals surface area (Å²) in [5, 5.41) is 0. The molecule has 3 nitrogen and oxygen atoms in total. The summed E-state index contributed by atoms with van der Waals surface area (Å²) in [6, 6.07) is 12.3. The number of nitrogens with zero attached hydrogens (tertiary/aromatic N) is 1. The van der Waals surface area contributed by atoms with Gasteiger partial charge in [-0.1, -0.05) is 23.8 Å². The van der Waals surface area contributed by atoms with Crippen LogP contribution in [-0.4, -0.2) is 30.0 Å². The maximum Gasteiger partial charge on any atom is 0.254 e. The largest absolute Gasteiger partial charge is 0.490 e. The molecule has 0 N–H and O–H groups in total. The number of carbonyl (C=O) groups excluding carboxylic acids is 1. The molecule has 0 saturated carbocycles. The van der Waals surface area contributed by atoms with E-state index in [1.165, 1.54) is 11.1 Å². The highest BCUT2D eigenvalue weighted by molar-refractivity contribution is 5.95. The van der Waals surface area contributed by atoms with Gasteiger partial charge in [-0.2, -0.15) is 0 Å². The highest BCUT2D eigenvalue weighted by Gasteiger charge is 2.25. The molecule has 0 aromatic heterocycles. The van der Waals surface area contributed by atoms with Gasteiger partial charge in [-0.3, -0.25) is 4.79 Å². The SMILES string of the molecule is Cc1ccc(C)c(C(=O)N2CCC(Oc3ccc(C)c(C)c3)CC2)c1. The van der Waals surface area contributed by atoms with E-state index in [2.05, 4.69) is 32.0 Å². The van der Waals surface area contributed by atoms with Crippen LogP contribution in [0.3, 0.4) is 0 Å². The second-order valence-corrected chi connectivity index (χ2v) is 7.17. The van der Waals surface area contributed by atoms with Crippen molar-refractivity contribution in [1.29, 1.82) is 0 Å². The van der Waals surface area contributed by atoms with Gasteiger partial charge >= 0.3 is 0 Å². The van der Waals surface area contributed by atoms with Crippen LogP contribution in [0.15, 0.2) is 36.4 Å². The first-order valence-electron chi connectivity index (χ1n) is 9.04. The Morgan fingerprint density at radius 2 is 1.60 bits per heavy atom. The zero-order valence-electron chi connectivity index (χ0n) is 15.6. The summed E-state index contributed by atoms with van der Waals surface area (Å²) >= 11 is 0. The lowest BCUT2D eigenvalue weighted by Gasteiger charge is -2.32. The zero-order chi connectivity index (χ0) is 18.0. The van der Waals surface area contributed by atoms with E-state index in [0.717, 1.165) is 48.4 Å². The Kier molecular flexibility index (Phi) is 5.12. The minimum atomic E-state index is 0.144. The van der Waals surface area contributed by atoms with Crippen LogP contribution < -0.4 is 4.74 Å². The first-order chi connectivity index (χ1) is 11.9. The molecule has 0 spiro atoms. The van der Waals surface area contributed by atoms with Crippen molar-refractivity contribution in [3.8, 4) is 5.75 Å². The molecular weight excluding hydrogens is 310 g/mol. The molecule has 3 rings (SSSR count). The predicted octanol–water partition coefficient (Wildman–Crippen LogP) is 4.60. The number of piperidine rings is 1. The van der Waals surface area contributed by atoms with E-state index in [1.807, 2.05) is 36.9 Å². The molecule has 0 atom stereocenters. The molecule has 0 aliphatic carbocycles. The second kappa shape index (κ2) is 7.30. The van der Waals surface area contributed by atoms with Gasteiger partial charge < -0.3 is 9.64 Å². The normalized spacial score (nSPS) is 15.3. The Bertz CT molecular complexity index is 774. The maximum atomic E-state index is 12.8. The standard InChI is InChI=1S/C22H27NO2/c1-15-5-6-17(3)21(13-15)22(24)23-11-9-19(10-12-23)25-20-8-7-16(2)18(4)14-20/h5-8,13-14,19H,9-12H2,1-4H3. The van der Waals surface area contributed by atoms with Crippen LogP contribution in [0.5, 0.6) is 5.75 Å². The number of amides is 1. The summed E-state index contributed by atoms with van der Waals surface area (Å²) in [6.07, 6.45) is 1.94. The monoisotopic (exact) mass is 337 g/mol. The lowest BCUT2D eigenvalue weighted by atomic mass is 10.0. The number of aryl methyl sites for hydroxylation is 4. The summed E-state index contributed by atoms with van der Waals surface area (Å²) in [6.45, 7) is 9.75. The van der Waals surface area contributed by atoms with E-state index >= 15 is 0 Å². The van der Waals surface area contributed by atoms with Crippen LogP contribution in [0.2, 0.25) is 0 Å². The Morgan fingerprint density at radius 1 is 0.920 bits per heavy atom. The summed E-state index contributed by atoms with van der Waals surface area (Å²) in [5.41, 5.74) is 5.53. The van der Waals surface area contributed by atoms with Gasteiger partial charge in [-0.05, 0) is 62.6 Å². The molecule has 132 valence electrons. The molecule has 1 fully saturated rings. The van der Waals surface area contributed by atoms with Crippen LogP contribution in [0.25, 0.3) is 0 Å². The lowest BCUT2D eigenvalue weighted by molar-refractivity contribution is 0.0595. The molecule has 1 aliphatic heterocycles. The van der Waals surface area contributed by atoms with E-state index in [9.17, 15) is 4.79 Å². The molecule has 2 aromatic carbocycles. The number of likely N-dealkylation sites (tertiary alicyclic amines) is 1. The second-order valence-electron chi connectivity index (χ2n) is 7.17. The van der Waals surface area contributed by atoms with Crippen molar-refractivity contribution in [3.63, 3.8) is 0 Å². The van der Waals surface area contributed by atoms with E-state index in [4.69, 9.17) is 4.74 Å². The summed E-state index contributed by atoms with van der Waals surface area (Å²) in [7, 11) is 0. The molecule has 0 radical (unpaired) electrons. The third kappa shape index (κ3) is 4.04. The minimum Gasteiger partial charge on any atom is -0.490 e. The van der Waals surface area contributed by atoms with E-state index < -0.39 is 0 Å². The topological polar surface area (TPSA) is 29.5 Å². The van der Waals surface area contributed by atoms with Crippen molar-refractivity contribution in [2.24, 2.45) is 0 Å². The van der Waals surface area contributed by atoms with Crippen molar-refractivity contribution < 1.29 is 9.53 Å². The van der Waals surface area contributed by atoms with Gasteiger partial charge in [0.25, 0.3) is 5.91 Å². The molecule has 1 amide bonds. The molecule has 2 aromatic rings. The fourth-order valence-electron chi connectivity index (χ4n) is 3.29. The van der Waals surface area contributed by atoms with Gasteiger partial charge in [0, 0.05) is 31.5 Å². The van der Waals surface area contributed by atoms with E-state index in [0.29, 0.717) is 0 Å². The van der Waals surface area contributed by atoms with Crippen molar-refractivity contribution in [2.75, 3.05) is 13.1 Å². The highest BCUT2D eigenvalue weighted by atomic mass is 16.5. The van der Waals surface area contributed by atoms with Crippen molar-refractivity contribution in [3.05, 3.63) is 64.2 Å². The Balaban J connectivity index is 1.60. The molecule has 3 heteroatoms. The summed E-state index contributed by atoms with van der Waals surface area (Å²) in [5.74, 6) is 1.08. The van der Waals surface area contributed by atoms with Gasteiger partial charge in [0.1, 0.15) is 11.9 Å².